The van der Waals surface area contributed by atoms with Crippen LogP contribution in [0.2, 0.25) is 5.02 Å². The molecule has 3 aromatic carbocycles. The van der Waals surface area contributed by atoms with E-state index in [1.54, 1.807) is 24.3 Å². The maximum Gasteiger partial charge on any atom is 0.161 e. The Balaban J connectivity index is 1.62. The molecule has 5 rings (SSSR count). The highest BCUT2D eigenvalue weighted by Gasteiger charge is 2.29. The van der Waals surface area contributed by atoms with E-state index in [0.717, 1.165) is 36.9 Å². The molecule has 1 heterocycles. The fourth-order valence-corrected chi connectivity index (χ4v) is 5.23. The lowest BCUT2D eigenvalue weighted by Crippen LogP contribution is -2.28. The first-order valence-corrected chi connectivity index (χ1v) is 12.3. The molecule has 35 heavy (non-hydrogen) atoms. The summed E-state index contributed by atoms with van der Waals surface area (Å²) < 4.78 is 30.7. The first kappa shape index (κ1) is 23.3. The zero-order valence-corrected chi connectivity index (χ0v) is 19.9. The van der Waals surface area contributed by atoms with Gasteiger partial charge < -0.3 is 9.88 Å². The van der Waals surface area contributed by atoms with Gasteiger partial charge in [-0.1, -0.05) is 30.9 Å². The zero-order valence-electron chi connectivity index (χ0n) is 19.1. The topological polar surface area (TPSA) is 53.6 Å². The van der Waals surface area contributed by atoms with Crippen molar-refractivity contribution in [2.24, 2.45) is 5.92 Å². The Morgan fingerprint density at radius 1 is 1.00 bits per heavy atom. The Bertz CT molecular complexity index is 1370. The van der Waals surface area contributed by atoms with Crippen molar-refractivity contribution in [1.29, 1.82) is 5.26 Å². The van der Waals surface area contributed by atoms with Crippen molar-refractivity contribution in [3.05, 3.63) is 82.9 Å². The predicted octanol–water partition coefficient (Wildman–Crippen LogP) is 7.74. The molecule has 1 aromatic heterocycles. The summed E-state index contributed by atoms with van der Waals surface area (Å²) in [5.74, 6) is -0.774. The molecule has 1 aliphatic carbocycles. The highest BCUT2D eigenvalue weighted by molar-refractivity contribution is 6.30. The van der Waals surface area contributed by atoms with E-state index in [-0.39, 0.29) is 6.04 Å². The normalized spacial score (nSPS) is 15.1. The van der Waals surface area contributed by atoms with Crippen LogP contribution in [0.4, 0.5) is 14.5 Å². The van der Waals surface area contributed by atoms with Gasteiger partial charge in [-0.3, -0.25) is 0 Å². The van der Waals surface area contributed by atoms with Gasteiger partial charge in [0.15, 0.2) is 11.6 Å². The molecule has 7 heteroatoms. The summed E-state index contributed by atoms with van der Waals surface area (Å²) >= 11 is 6.13. The number of imidazole rings is 1. The molecule has 178 valence electrons. The van der Waals surface area contributed by atoms with Gasteiger partial charge in [-0.25, -0.2) is 13.8 Å². The van der Waals surface area contributed by atoms with Crippen molar-refractivity contribution < 1.29 is 8.78 Å². The fraction of sp³-hybridized carbons (Fsp3) is 0.286. The molecule has 1 fully saturated rings. The first-order chi connectivity index (χ1) is 17.0. The predicted molar refractivity (Wildman–Crippen MR) is 135 cm³/mol. The lowest BCUT2D eigenvalue weighted by molar-refractivity contribution is 0.262. The summed E-state index contributed by atoms with van der Waals surface area (Å²) in [6, 6.07) is 19.2. The average Bonchev–Trinajstić information content (AvgIpc) is 3.23. The van der Waals surface area contributed by atoms with Crippen LogP contribution in [-0.2, 0) is 0 Å². The Labute approximate surface area is 208 Å². The smallest absolute Gasteiger partial charge is 0.161 e. The third-order valence-electron chi connectivity index (χ3n) is 6.89. The molecular formula is C28H25ClF2N4. The SMILES string of the molecule is N#Cc1ccc(NCC(C2CCCCC2)n2c(-c3ccc(Cl)cc3)nc3cc(F)c(F)cc32)cc1. The van der Waals surface area contributed by atoms with Gasteiger partial charge in [-0.05, 0) is 67.3 Å². The van der Waals surface area contributed by atoms with Crippen molar-refractivity contribution in [3.63, 3.8) is 0 Å². The zero-order chi connectivity index (χ0) is 24.4. The number of hydrogen-bond donors (Lipinski definition) is 1. The van der Waals surface area contributed by atoms with Gasteiger partial charge in [0.05, 0.1) is 28.7 Å². The molecule has 0 aliphatic heterocycles. The lowest BCUT2D eigenvalue weighted by atomic mass is 9.83. The number of fused-ring (bicyclic) bond motifs is 1. The summed E-state index contributed by atoms with van der Waals surface area (Å²) in [5, 5.41) is 13.2. The second-order valence-electron chi connectivity index (χ2n) is 9.10. The number of benzene rings is 3. The molecule has 0 spiro atoms. The number of hydrogen-bond acceptors (Lipinski definition) is 3. The number of aromatic nitrogens is 2. The van der Waals surface area contributed by atoms with Gasteiger partial charge in [0.2, 0.25) is 0 Å². The Hall–Kier alpha value is -3.43. The van der Waals surface area contributed by atoms with E-state index >= 15 is 0 Å². The molecule has 1 N–H and O–H groups in total. The quantitative estimate of drug-likeness (QED) is 0.300. The minimum Gasteiger partial charge on any atom is -0.383 e. The average molecular weight is 491 g/mol. The van der Waals surface area contributed by atoms with Crippen molar-refractivity contribution in [2.45, 2.75) is 38.1 Å². The van der Waals surface area contributed by atoms with E-state index in [9.17, 15) is 8.78 Å². The van der Waals surface area contributed by atoms with E-state index in [0.29, 0.717) is 39.9 Å². The van der Waals surface area contributed by atoms with Crippen molar-refractivity contribution in [2.75, 3.05) is 11.9 Å². The molecule has 0 bridgehead atoms. The summed E-state index contributed by atoms with van der Waals surface area (Å²) in [6.45, 7) is 0.585. The summed E-state index contributed by atoms with van der Waals surface area (Å²) in [7, 11) is 0. The Kier molecular flexibility index (Phi) is 6.70. The highest BCUT2D eigenvalue weighted by atomic mass is 35.5. The second-order valence-corrected chi connectivity index (χ2v) is 9.54. The van der Waals surface area contributed by atoms with Crippen LogP contribution < -0.4 is 5.32 Å². The number of anilines is 1. The minimum absolute atomic E-state index is 0.0357. The first-order valence-electron chi connectivity index (χ1n) is 11.9. The molecule has 1 aliphatic rings. The van der Waals surface area contributed by atoms with Crippen LogP contribution in [0.5, 0.6) is 0 Å². The summed E-state index contributed by atoms with van der Waals surface area (Å²) in [6.07, 6.45) is 5.61. The summed E-state index contributed by atoms with van der Waals surface area (Å²) in [4.78, 5) is 4.76. The van der Waals surface area contributed by atoms with Crippen LogP contribution >= 0.6 is 11.6 Å². The molecule has 0 amide bonds. The maximum absolute atomic E-state index is 14.4. The molecule has 1 saturated carbocycles. The van der Waals surface area contributed by atoms with E-state index in [2.05, 4.69) is 16.0 Å². The highest BCUT2D eigenvalue weighted by Crippen LogP contribution is 2.39. The van der Waals surface area contributed by atoms with Crippen LogP contribution in [0.3, 0.4) is 0 Å². The van der Waals surface area contributed by atoms with E-state index in [1.807, 2.05) is 24.3 Å². The Morgan fingerprint density at radius 2 is 1.69 bits per heavy atom. The monoisotopic (exact) mass is 490 g/mol. The van der Waals surface area contributed by atoms with Gasteiger partial charge in [0, 0.05) is 35.0 Å². The van der Waals surface area contributed by atoms with Crippen LogP contribution in [0.15, 0.2) is 60.7 Å². The van der Waals surface area contributed by atoms with Gasteiger partial charge >= 0.3 is 0 Å². The fourth-order valence-electron chi connectivity index (χ4n) is 5.10. The third kappa shape index (κ3) is 4.87. The van der Waals surface area contributed by atoms with Crippen LogP contribution in [0.25, 0.3) is 22.4 Å². The number of halogens is 3. The molecule has 4 nitrogen and oxygen atoms in total. The third-order valence-corrected chi connectivity index (χ3v) is 7.14. The molecule has 0 radical (unpaired) electrons. The van der Waals surface area contributed by atoms with Gasteiger partial charge in [0.1, 0.15) is 5.82 Å². The molecule has 1 atom stereocenters. The van der Waals surface area contributed by atoms with E-state index in [4.69, 9.17) is 21.8 Å². The minimum atomic E-state index is -0.908. The van der Waals surface area contributed by atoms with Crippen LogP contribution in [0.1, 0.15) is 43.7 Å². The molecule has 1 unspecified atom stereocenters. The Morgan fingerprint density at radius 3 is 2.37 bits per heavy atom. The van der Waals surface area contributed by atoms with E-state index in [1.165, 1.54) is 18.6 Å². The van der Waals surface area contributed by atoms with Crippen molar-refractivity contribution >= 4 is 28.3 Å². The largest absolute Gasteiger partial charge is 0.383 e. The standard InChI is InChI=1S/C28H25ClF2N4/c29-21-10-8-20(9-11-21)28-34-25-14-23(30)24(31)15-26(25)35(28)27(19-4-2-1-3-5-19)17-33-22-12-6-18(16-32)7-13-22/h6-15,19,27,33H,1-5,17H2. The number of nitrogens with zero attached hydrogens (tertiary/aromatic N) is 3. The van der Waals surface area contributed by atoms with Crippen molar-refractivity contribution in [1.82, 2.24) is 9.55 Å². The van der Waals surface area contributed by atoms with Crippen LogP contribution in [0, 0.1) is 28.9 Å². The van der Waals surface area contributed by atoms with E-state index < -0.39 is 11.6 Å². The second kappa shape index (κ2) is 10.1. The van der Waals surface area contributed by atoms with Gasteiger partial charge in [0.25, 0.3) is 0 Å². The van der Waals surface area contributed by atoms with Gasteiger partial charge in [-0.2, -0.15) is 5.26 Å². The number of nitrogens with one attached hydrogen (secondary N) is 1. The van der Waals surface area contributed by atoms with Crippen LogP contribution in [-0.4, -0.2) is 16.1 Å². The molecule has 0 saturated heterocycles. The van der Waals surface area contributed by atoms with Gasteiger partial charge in [-0.15, -0.1) is 0 Å². The van der Waals surface area contributed by atoms with Crippen molar-refractivity contribution in [3.8, 4) is 17.5 Å². The lowest BCUT2D eigenvalue weighted by Gasteiger charge is -2.33. The molecule has 4 aromatic rings. The summed E-state index contributed by atoms with van der Waals surface area (Å²) in [5.41, 5.74) is 3.34. The number of nitriles is 1. The maximum atomic E-state index is 14.4. The number of rotatable bonds is 6. The molecular weight excluding hydrogens is 466 g/mol.